The lowest BCUT2D eigenvalue weighted by Crippen LogP contribution is -2.02. The minimum absolute atomic E-state index is 0.609. The first-order valence-electron chi connectivity index (χ1n) is 10.6. The molecule has 0 spiro atoms. The molecule has 3 aromatic heterocycles. The Morgan fingerprint density at radius 1 is 0.906 bits per heavy atom. The van der Waals surface area contributed by atoms with Crippen LogP contribution < -0.4 is 0 Å². The number of nitrogens with one attached hydrogen (secondary N) is 1. The van der Waals surface area contributed by atoms with Crippen LogP contribution in [0.5, 0.6) is 0 Å². The molecular formula is C25H23N5S2. The number of imidazole rings is 1. The predicted octanol–water partition coefficient (Wildman–Crippen LogP) is 6.76. The molecule has 5 nitrogen and oxygen atoms in total. The van der Waals surface area contributed by atoms with Crippen LogP contribution in [0.2, 0.25) is 0 Å². The monoisotopic (exact) mass is 457 g/mol. The highest BCUT2D eigenvalue weighted by atomic mass is 32.2. The Balaban J connectivity index is 1.63. The molecule has 160 valence electrons. The molecule has 0 aliphatic heterocycles. The number of H-pyrrole nitrogens is 1. The molecule has 0 amide bonds. The van der Waals surface area contributed by atoms with E-state index in [1.54, 1.807) is 0 Å². The molecule has 0 aliphatic rings. The molecule has 0 atom stereocenters. The highest BCUT2D eigenvalue weighted by molar-refractivity contribution is 7.73. The first kappa shape index (κ1) is 20.7. The number of aromatic amines is 1. The second-order valence-corrected chi connectivity index (χ2v) is 9.30. The van der Waals surface area contributed by atoms with Crippen molar-refractivity contribution in [3.05, 3.63) is 75.1 Å². The fraction of sp³-hybridized carbons (Fsp3) is 0.200. The topological polar surface area (TPSA) is 59.4 Å². The zero-order chi connectivity index (χ0) is 22.4. The van der Waals surface area contributed by atoms with Crippen LogP contribution >= 0.6 is 23.8 Å². The number of aromatic nitrogens is 5. The molecule has 0 radical (unpaired) electrons. The average Bonchev–Trinajstić information content (AvgIpc) is 3.41. The van der Waals surface area contributed by atoms with E-state index in [2.05, 4.69) is 78.0 Å². The molecule has 0 fully saturated rings. The molecule has 0 saturated carbocycles. The van der Waals surface area contributed by atoms with Gasteiger partial charge in [-0.2, -0.15) is 0 Å². The van der Waals surface area contributed by atoms with Gasteiger partial charge in [-0.25, -0.2) is 15.0 Å². The Bertz CT molecular complexity index is 1510. The van der Waals surface area contributed by atoms with E-state index in [0.717, 1.165) is 57.3 Å². The Labute approximate surface area is 196 Å². The van der Waals surface area contributed by atoms with Gasteiger partial charge in [-0.3, -0.25) is 8.94 Å². The van der Waals surface area contributed by atoms with Crippen molar-refractivity contribution in [1.82, 2.24) is 23.9 Å². The molecule has 0 unspecified atom stereocenters. The first-order valence-corrected chi connectivity index (χ1v) is 11.8. The lowest BCUT2D eigenvalue weighted by atomic mass is 9.99. The third-order valence-electron chi connectivity index (χ3n) is 6.03. The summed E-state index contributed by atoms with van der Waals surface area (Å²) < 4.78 is 6.01. The first-order chi connectivity index (χ1) is 15.5. The minimum atomic E-state index is 0.609. The van der Waals surface area contributed by atoms with Gasteiger partial charge in [-0.05, 0) is 78.9 Å². The molecule has 0 aliphatic carbocycles. The summed E-state index contributed by atoms with van der Waals surface area (Å²) in [4.78, 5) is 14.3. The van der Waals surface area contributed by atoms with Gasteiger partial charge in [0.15, 0.2) is 9.60 Å². The van der Waals surface area contributed by atoms with Crippen LogP contribution in [0, 0.1) is 24.7 Å². The summed E-state index contributed by atoms with van der Waals surface area (Å²) in [6, 6.07) is 16.8. The number of nitrogens with zero attached hydrogens (tertiary/aromatic N) is 4. The Morgan fingerprint density at radius 3 is 2.28 bits per heavy atom. The fourth-order valence-electron chi connectivity index (χ4n) is 4.09. The largest absolute Gasteiger partial charge is 0.293 e. The van der Waals surface area contributed by atoms with Crippen LogP contribution in [0.3, 0.4) is 0 Å². The number of benzene rings is 2. The molecule has 0 saturated heterocycles. The zero-order valence-electron chi connectivity index (χ0n) is 18.4. The van der Waals surface area contributed by atoms with Crippen LogP contribution in [-0.2, 0) is 6.42 Å². The fourth-order valence-corrected chi connectivity index (χ4v) is 4.78. The van der Waals surface area contributed by atoms with Gasteiger partial charge in [0.25, 0.3) is 0 Å². The Morgan fingerprint density at radius 2 is 1.62 bits per heavy atom. The summed E-state index contributed by atoms with van der Waals surface area (Å²) in [5.41, 5.74) is 9.70. The van der Waals surface area contributed by atoms with E-state index >= 15 is 0 Å². The highest BCUT2D eigenvalue weighted by Crippen LogP contribution is 2.32. The van der Waals surface area contributed by atoms with Crippen molar-refractivity contribution in [2.45, 2.75) is 34.1 Å². The SMILES string of the molecule is CCc1nc2c(C)c(C)c(C)nc2n1-c1ccc(-c2ccccc2-c2nc(=S)s[nH]2)cc1. The smallest absolute Gasteiger partial charge is 0.198 e. The van der Waals surface area contributed by atoms with Gasteiger partial charge < -0.3 is 0 Å². The summed E-state index contributed by atoms with van der Waals surface area (Å²) in [6.45, 7) is 8.44. The van der Waals surface area contributed by atoms with Crippen molar-refractivity contribution >= 4 is 34.9 Å². The average molecular weight is 458 g/mol. The maximum atomic E-state index is 5.21. The van der Waals surface area contributed by atoms with Crippen LogP contribution in [0.4, 0.5) is 0 Å². The lowest BCUT2D eigenvalue weighted by Gasteiger charge is -2.12. The highest BCUT2D eigenvalue weighted by Gasteiger charge is 2.17. The summed E-state index contributed by atoms with van der Waals surface area (Å²) in [6.07, 6.45) is 0.835. The van der Waals surface area contributed by atoms with Crippen molar-refractivity contribution in [2.75, 3.05) is 0 Å². The van der Waals surface area contributed by atoms with Crippen molar-refractivity contribution in [3.8, 4) is 28.2 Å². The summed E-state index contributed by atoms with van der Waals surface area (Å²) in [5.74, 6) is 1.82. The Kier molecular flexibility index (Phi) is 5.23. The minimum Gasteiger partial charge on any atom is -0.293 e. The third kappa shape index (κ3) is 3.38. The standard InChI is InChI=1S/C25H23N5S2/c1-5-21-27-22-15(3)14(2)16(4)26-24(22)30(21)18-12-10-17(11-13-18)19-8-6-7-9-20(19)23-28-25(31)32-29-23/h6-13H,5H2,1-4H3,(H,28,29,31). The molecule has 32 heavy (non-hydrogen) atoms. The second kappa shape index (κ2) is 8.07. The number of hydrogen-bond acceptors (Lipinski definition) is 5. The van der Waals surface area contributed by atoms with Crippen LogP contribution in [0.15, 0.2) is 48.5 Å². The summed E-state index contributed by atoms with van der Waals surface area (Å²) in [7, 11) is 0. The maximum absolute atomic E-state index is 5.21. The van der Waals surface area contributed by atoms with Gasteiger partial charge in [0.1, 0.15) is 17.2 Å². The van der Waals surface area contributed by atoms with Gasteiger partial charge in [-0.15, -0.1) is 0 Å². The number of pyridine rings is 1. The third-order valence-corrected chi connectivity index (χ3v) is 6.93. The molecule has 1 N–H and O–H groups in total. The molecule has 7 heteroatoms. The zero-order valence-corrected chi connectivity index (χ0v) is 20.1. The van der Waals surface area contributed by atoms with Crippen molar-refractivity contribution < 1.29 is 0 Å². The van der Waals surface area contributed by atoms with Crippen LogP contribution in [-0.4, -0.2) is 23.9 Å². The molecule has 5 rings (SSSR count). The lowest BCUT2D eigenvalue weighted by molar-refractivity contribution is 0.900. The van der Waals surface area contributed by atoms with E-state index in [-0.39, 0.29) is 0 Å². The van der Waals surface area contributed by atoms with E-state index in [1.165, 1.54) is 22.7 Å². The number of rotatable bonds is 4. The van der Waals surface area contributed by atoms with E-state index in [9.17, 15) is 0 Å². The van der Waals surface area contributed by atoms with Gasteiger partial charge in [0.2, 0.25) is 0 Å². The van der Waals surface area contributed by atoms with E-state index in [1.807, 2.05) is 12.1 Å². The molecule has 0 bridgehead atoms. The molecule has 2 aromatic carbocycles. The van der Waals surface area contributed by atoms with Crippen LogP contribution in [0.25, 0.3) is 39.4 Å². The van der Waals surface area contributed by atoms with Gasteiger partial charge >= 0.3 is 0 Å². The van der Waals surface area contributed by atoms with E-state index in [4.69, 9.17) is 22.2 Å². The van der Waals surface area contributed by atoms with Crippen molar-refractivity contribution in [2.24, 2.45) is 0 Å². The normalized spacial score (nSPS) is 11.4. The van der Waals surface area contributed by atoms with Gasteiger partial charge in [-0.1, -0.05) is 43.3 Å². The van der Waals surface area contributed by atoms with E-state index in [0.29, 0.717) is 3.95 Å². The second-order valence-electron chi connectivity index (χ2n) is 7.86. The molecule has 5 aromatic rings. The van der Waals surface area contributed by atoms with Gasteiger partial charge in [0.05, 0.1) is 0 Å². The number of fused-ring (bicyclic) bond motifs is 1. The van der Waals surface area contributed by atoms with Crippen LogP contribution in [0.1, 0.15) is 29.6 Å². The van der Waals surface area contributed by atoms with Crippen molar-refractivity contribution in [1.29, 1.82) is 0 Å². The quantitative estimate of drug-likeness (QED) is 0.303. The molecular weight excluding hydrogens is 434 g/mol. The van der Waals surface area contributed by atoms with Gasteiger partial charge in [0, 0.05) is 23.4 Å². The summed E-state index contributed by atoms with van der Waals surface area (Å²) >= 11 is 6.58. The van der Waals surface area contributed by atoms with Crippen molar-refractivity contribution in [3.63, 3.8) is 0 Å². The predicted molar refractivity (Wildman–Crippen MR) is 134 cm³/mol. The summed E-state index contributed by atoms with van der Waals surface area (Å²) in [5, 5.41) is 0. The number of hydrogen-bond donors (Lipinski definition) is 1. The molecule has 3 heterocycles. The van der Waals surface area contributed by atoms with E-state index < -0.39 is 0 Å². The Hall–Kier alpha value is -3.16. The number of aryl methyl sites for hydroxylation is 3. The maximum Gasteiger partial charge on any atom is 0.198 e.